The maximum atomic E-state index is 13.7. The third-order valence-corrected chi connectivity index (χ3v) is 3.75. The van der Waals surface area contributed by atoms with Crippen LogP contribution in [0.3, 0.4) is 0 Å². The molecule has 0 fully saturated rings. The number of benzene rings is 1. The number of anilines is 1. The van der Waals surface area contributed by atoms with Crippen LogP contribution in [0.25, 0.3) is 11.3 Å². The van der Waals surface area contributed by atoms with Gasteiger partial charge in [0.05, 0.1) is 5.02 Å². The Balaban J connectivity index is 2.63. The van der Waals surface area contributed by atoms with Gasteiger partial charge in [0.2, 0.25) is 0 Å². The average molecular weight is 291 g/mol. The van der Waals surface area contributed by atoms with Gasteiger partial charge in [0.15, 0.2) is 21.4 Å². The lowest BCUT2D eigenvalue weighted by Crippen LogP contribution is -2.02. The molecule has 5 nitrogen and oxygen atoms in total. The van der Waals surface area contributed by atoms with Crippen molar-refractivity contribution in [2.75, 3.05) is 12.0 Å². The van der Waals surface area contributed by atoms with Crippen LogP contribution in [-0.4, -0.2) is 19.8 Å². The Morgan fingerprint density at radius 1 is 1.39 bits per heavy atom. The highest BCUT2D eigenvalue weighted by Gasteiger charge is 2.20. The summed E-state index contributed by atoms with van der Waals surface area (Å²) in [6.07, 6.45) is 0.878. The molecule has 1 aromatic heterocycles. The fraction of sp³-hybridized carbons (Fsp3) is 0.100. The Labute approximate surface area is 107 Å². The smallest absolute Gasteiger partial charge is 0.179 e. The number of halogens is 2. The molecule has 0 aliphatic rings. The van der Waals surface area contributed by atoms with Gasteiger partial charge in [0.25, 0.3) is 0 Å². The van der Waals surface area contributed by atoms with Gasteiger partial charge in [-0.15, -0.1) is 0 Å². The third-order valence-electron chi connectivity index (χ3n) is 2.18. The number of nitrogens with two attached hydrogens (primary N) is 1. The van der Waals surface area contributed by atoms with Gasteiger partial charge in [0.1, 0.15) is 10.7 Å². The van der Waals surface area contributed by atoms with E-state index in [1.54, 1.807) is 0 Å². The monoisotopic (exact) mass is 290 g/mol. The van der Waals surface area contributed by atoms with E-state index in [0.29, 0.717) is 0 Å². The van der Waals surface area contributed by atoms with E-state index in [0.717, 1.165) is 12.3 Å². The van der Waals surface area contributed by atoms with Crippen molar-refractivity contribution >= 4 is 27.3 Å². The van der Waals surface area contributed by atoms with Crippen LogP contribution < -0.4 is 5.73 Å². The number of hydrogen-bond acceptors (Lipinski definition) is 5. The molecule has 0 bridgehead atoms. The van der Waals surface area contributed by atoms with Gasteiger partial charge in [-0.25, -0.2) is 12.8 Å². The summed E-state index contributed by atoms with van der Waals surface area (Å²) < 4.78 is 41.3. The highest BCUT2D eigenvalue weighted by atomic mass is 35.5. The lowest BCUT2D eigenvalue weighted by Gasteiger charge is -2.05. The second-order valence-corrected chi connectivity index (χ2v) is 6.02. The molecule has 0 radical (unpaired) electrons. The van der Waals surface area contributed by atoms with Crippen molar-refractivity contribution in [3.63, 3.8) is 0 Å². The molecule has 0 aliphatic carbocycles. The molecule has 0 spiro atoms. The number of nitrogen functional groups attached to an aromatic ring is 1. The zero-order valence-corrected chi connectivity index (χ0v) is 10.7. The summed E-state index contributed by atoms with van der Waals surface area (Å²) in [5, 5.41) is 3.22. The molecule has 96 valence electrons. The summed E-state index contributed by atoms with van der Waals surface area (Å²) in [6, 6.07) is 3.66. The van der Waals surface area contributed by atoms with Crippen molar-refractivity contribution < 1.29 is 17.3 Å². The Morgan fingerprint density at radius 3 is 2.50 bits per heavy atom. The van der Waals surface area contributed by atoms with Crippen molar-refractivity contribution in [1.29, 1.82) is 0 Å². The molecule has 1 heterocycles. The molecule has 0 saturated carbocycles. The standard InChI is InChI=1S/C10H8ClFN2O3S/c1-18(15,16)10-6(11)2-5(3-7(10)12)8-4-9(13)14-17-8/h2-4H,1H3,(H2,13,14). The second-order valence-electron chi connectivity index (χ2n) is 3.66. The Hall–Kier alpha value is -1.60. The number of aromatic nitrogens is 1. The quantitative estimate of drug-likeness (QED) is 0.915. The van der Waals surface area contributed by atoms with Crippen molar-refractivity contribution in [3.05, 3.63) is 29.0 Å². The Kier molecular flexibility index (Phi) is 3.04. The topological polar surface area (TPSA) is 86.2 Å². The predicted molar refractivity (Wildman–Crippen MR) is 64.4 cm³/mol. The largest absolute Gasteiger partial charge is 0.381 e. The van der Waals surface area contributed by atoms with Crippen LogP contribution in [-0.2, 0) is 9.84 Å². The Bertz CT molecular complexity index is 689. The summed E-state index contributed by atoms with van der Waals surface area (Å²) in [4.78, 5) is -0.541. The molecular formula is C10H8ClFN2O3S. The molecule has 18 heavy (non-hydrogen) atoms. The maximum absolute atomic E-state index is 13.7. The van der Waals surface area contributed by atoms with Gasteiger partial charge in [0, 0.05) is 17.9 Å². The van der Waals surface area contributed by atoms with E-state index >= 15 is 0 Å². The van der Waals surface area contributed by atoms with Crippen LogP contribution in [0, 0.1) is 5.82 Å². The van der Waals surface area contributed by atoms with Gasteiger partial charge in [-0.05, 0) is 12.1 Å². The van der Waals surface area contributed by atoms with E-state index in [1.165, 1.54) is 12.1 Å². The van der Waals surface area contributed by atoms with E-state index in [2.05, 4.69) is 5.16 Å². The summed E-state index contributed by atoms with van der Waals surface area (Å²) in [5.74, 6) is -0.614. The highest BCUT2D eigenvalue weighted by molar-refractivity contribution is 7.90. The van der Waals surface area contributed by atoms with E-state index in [9.17, 15) is 12.8 Å². The zero-order valence-electron chi connectivity index (χ0n) is 9.15. The van der Waals surface area contributed by atoms with Crippen LogP contribution in [0.4, 0.5) is 10.2 Å². The van der Waals surface area contributed by atoms with Crippen LogP contribution in [0.2, 0.25) is 5.02 Å². The summed E-state index contributed by atoms with van der Waals surface area (Å²) in [7, 11) is -3.74. The lowest BCUT2D eigenvalue weighted by molar-refractivity contribution is 0.435. The first-order chi connectivity index (χ1) is 8.29. The van der Waals surface area contributed by atoms with Crippen molar-refractivity contribution in [2.24, 2.45) is 0 Å². The van der Waals surface area contributed by atoms with Crippen LogP contribution in [0.15, 0.2) is 27.6 Å². The SMILES string of the molecule is CS(=O)(=O)c1c(F)cc(-c2cc(N)no2)cc1Cl. The molecule has 0 unspecified atom stereocenters. The van der Waals surface area contributed by atoms with Gasteiger partial charge in [-0.1, -0.05) is 16.8 Å². The first-order valence-electron chi connectivity index (χ1n) is 4.70. The van der Waals surface area contributed by atoms with Gasteiger partial charge in [-0.3, -0.25) is 0 Å². The fourth-order valence-electron chi connectivity index (χ4n) is 1.48. The fourth-order valence-corrected chi connectivity index (χ4v) is 2.94. The number of rotatable bonds is 2. The normalized spacial score (nSPS) is 11.7. The molecule has 1 aromatic carbocycles. The minimum absolute atomic E-state index is 0.133. The molecule has 0 aliphatic heterocycles. The predicted octanol–water partition coefficient (Wildman–Crippen LogP) is 2.12. The minimum Gasteiger partial charge on any atom is -0.381 e. The number of nitrogens with zero attached hydrogens (tertiary/aromatic N) is 1. The summed E-state index contributed by atoms with van der Waals surface area (Å²) in [6.45, 7) is 0. The van der Waals surface area contributed by atoms with Crippen molar-refractivity contribution in [3.8, 4) is 11.3 Å². The molecule has 2 aromatic rings. The van der Waals surface area contributed by atoms with E-state index in [-0.39, 0.29) is 22.2 Å². The van der Waals surface area contributed by atoms with Crippen molar-refractivity contribution in [1.82, 2.24) is 5.16 Å². The highest BCUT2D eigenvalue weighted by Crippen LogP contribution is 2.31. The van der Waals surface area contributed by atoms with Gasteiger partial charge < -0.3 is 10.3 Å². The summed E-state index contributed by atoms with van der Waals surface area (Å²) in [5.41, 5.74) is 5.62. The molecule has 0 saturated heterocycles. The van der Waals surface area contributed by atoms with E-state index in [4.69, 9.17) is 21.9 Å². The Morgan fingerprint density at radius 2 is 2.06 bits per heavy atom. The first kappa shape index (κ1) is 12.8. The maximum Gasteiger partial charge on any atom is 0.179 e. The van der Waals surface area contributed by atoms with Crippen molar-refractivity contribution in [2.45, 2.75) is 4.90 Å². The number of sulfone groups is 1. The molecule has 8 heteroatoms. The third kappa shape index (κ3) is 2.32. The second kappa shape index (κ2) is 4.25. The first-order valence-corrected chi connectivity index (χ1v) is 6.97. The molecule has 0 amide bonds. The average Bonchev–Trinajstić information content (AvgIpc) is 2.61. The van der Waals surface area contributed by atoms with Crippen LogP contribution in [0.5, 0.6) is 0 Å². The summed E-state index contributed by atoms with van der Waals surface area (Å²) >= 11 is 5.76. The van der Waals surface area contributed by atoms with Crippen LogP contribution >= 0.6 is 11.6 Å². The van der Waals surface area contributed by atoms with Gasteiger partial charge in [-0.2, -0.15) is 0 Å². The van der Waals surface area contributed by atoms with Crippen LogP contribution in [0.1, 0.15) is 0 Å². The minimum atomic E-state index is -3.74. The molecule has 0 atom stereocenters. The number of hydrogen-bond donors (Lipinski definition) is 1. The molecular weight excluding hydrogens is 283 g/mol. The van der Waals surface area contributed by atoms with E-state index < -0.39 is 20.5 Å². The molecule has 2 rings (SSSR count). The molecule has 2 N–H and O–H groups in total. The zero-order chi connectivity index (χ0) is 13.5. The van der Waals surface area contributed by atoms with Gasteiger partial charge >= 0.3 is 0 Å². The lowest BCUT2D eigenvalue weighted by atomic mass is 10.1. The van der Waals surface area contributed by atoms with E-state index in [1.807, 2.05) is 0 Å².